The maximum atomic E-state index is 12.1. The van der Waals surface area contributed by atoms with Crippen LogP contribution in [0.25, 0.3) is 0 Å². The molecule has 0 aliphatic carbocycles. The minimum Gasteiger partial charge on any atom is -0.496 e. The van der Waals surface area contributed by atoms with E-state index >= 15 is 0 Å². The Morgan fingerprint density at radius 3 is 2.91 bits per heavy atom. The van der Waals surface area contributed by atoms with Crippen molar-refractivity contribution in [2.24, 2.45) is 0 Å². The Morgan fingerprint density at radius 1 is 1.57 bits per heavy atom. The van der Waals surface area contributed by atoms with Crippen molar-refractivity contribution in [2.45, 2.75) is 13.0 Å². The van der Waals surface area contributed by atoms with Crippen LogP contribution in [0.1, 0.15) is 6.92 Å². The maximum Gasteiger partial charge on any atom is 0.296 e. The van der Waals surface area contributed by atoms with Crippen molar-refractivity contribution < 1.29 is 14.5 Å². The molecule has 0 saturated carbocycles. The minimum absolute atomic E-state index is 0. The Hall–Kier alpha value is -1.90. The highest BCUT2D eigenvalue weighted by atomic mass is 35.5. The predicted octanol–water partition coefficient (Wildman–Crippen LogP) is 1.26. The van der Waals surface area contributed by atoms with Gasteiger partial charge in [-0.1, -0.05) is 0 Å². The van der Waals surface area contributed by atoms with Gasteiger partial charge in [-0.3, -0.25) is 19.8 Å². The summed E-state index contributed by atoms with van der Waals surface area (Å²) in [5.74, 6) is 0.113. The van der Waals surface area contributed by atoms with Gasteiger partial charge >= 0.3 is 0 Å². The van der Waals surface area contributed by atoms with Crippen molar-refractivity contribution in [3.8, 4) is 5.75 Å². The smallest absolute Gasteiger partial charge is 0.296 e. The average Bonchev–Trinajstić information content (AvgIpc) is 2.49. The molecule has 0 aromatic heterocycles. The van der Waals surface area contributed by atoms with E-state index in [1.807, 2.05) is 11.8 Å². The minimum atomic E-state index is -0.536. The number of methoxy groups -OCH3 is 1. The molecule has 1 aliphatic heterocycles. The van der Waals surface area contributed by atoms with Gasteiger partial charge in [0.15, 0.2) is 0 Å². The molecule has 1 fully saturated rings. The lowest BCUT2D eigenvalue weighted by Crippen LogP contribution is -2.52. The Kier molecular flexibility index (Phi) is 7.21. The SMILES string of the molecule is COc1ccc(NC(=O)CN2CCNC[C@H]2C)c([N+](=O)[O-])c1.Cl. The molecule has 1 amide bonds. The Balaban J connectivity index is 0.00000264. The van der Waals surface area contributed by atoms with Gasteiger partial charge in [0.1, 0.15) is 11.4 Å². The zero-order valence-electron chi connectivity index (χ0n) is 13.1. The second-order valence-electron chi connectivity index (χ2n) is 5.21. The van der Waals surface area contributed by atoms with E-state index in [0.29, 0.717) is 5.75 Å². The molecule has 8 nitrogen and oxygen atoms in total. The molecule has 128 valence electrons. The molecule has 0 bridgehead atoms. The van der Waals surface area contributed by atoms with Crippen molar-refractivity contribution in [3.63, 3.8) is 0 Å². The van der Waals surface area contributed by atoms with Crippen molar-refractivity contribution in [1.29, 1.82) is 0 Å². The van der Waals surface area contributed by atoms with Gasteiger partial charge in [0.25, 0.3) is 5.69 Å². The topological polar surface area (TPSA) is 96.7 Å². The maximum absolute atomic E-state index is 12.1. The summed E-state index contributed by atoms with van der Waals surface area (Å²) >= 11 is 0. The number of benzene rings is 1. The van der Waals surface area contributed by atoms with Crippen LogP contribution in [0.3, 0.4) is 0 Å². The van der Waals surface area contributed by atoms with E-state index in [-0.39, 0.29) is 42.3 Å². The third kappa shape index (κ3) is 5.05. The van der Waals surface area contributed by atoms with Crippen LogP contribution in [-0.2, 0) is 4.79 Å². The summed E-state index contributed by atoms with van der Waals surface area (Å²) in [7, 11) is 1.43. The quantitative estimate of drug-likeness (QED) is 0.616. The lowest BCUT2D eigenvalue weighted by Gasteiger charge is -2.33. The number of halogens is 1. The van der Waals surface area contributed by atoms with Crippen LogP contribution in [0.4, 0.5) is 11.4 Å². The first-order valence-electron chi connectivity index (χ1n) is 7.08. The van der Waals surface area contributed by atoms with Gasteiger partial charge in [0, 0.05) is 25.7 Å². The number of carbonyl (C=O) groups is 1. The molecule has 23 heavy (non-hydrogen) atoms. The lowest BCUT2D eigenvalue weighted by molar-refractivity contribution is -0.384. The molecule has 0 radical (unpaired) electrons. The molecule has 0 unspecified atom stereocenters. The fraction of sp³-hybridized carbons (Fsp3) is 0.500. The summed E-state index contributed by atoms with van der Waals surface area (Å²) in [6.07, 6.45) is 0. The van der Waals surface area contributed by atoms with Gasteiger partial charge in [-0.25, -0.2) is 0 Å². The Bertz CT molecular complexity index is 570. The number of carbonyl (C=O) groups excluding carboxylic acids is 1. The molecule has 1 saturated heterocycles. The molecule has 1 aliphatic rings. The molecule has 1 heterocycles. The second kappa shape index (κ2) is 8.66. The van der Waals surface area contributed by atoms with E-state index in [1.54, 1.807) is 6.07 Å². The molecule has 2 rings (SSSR count). The van der Waals surface area contributed by atoms with Gasteiger partial charge in [-0.15, -0.1) is 12.4 Å². The number of ether oxygens (including phenoxy) is 1. The first kappa shape index (κ1) is 19.1. The van der Waals surface area contributed by atoms with Gasteiger partial charge in [0.05, 0.1) is 24.6 Å². The third-order valence-electron chi connectivity index (χ3n) is 3.66. The first-order valence-corrected chi connectivity index (χ1v) is 7.08. The summed E-state index contributed by atoms with van der Waals surface area (Å²) in [5.41, 5.74) is -0.000327. The van der Waals surface area contributed by atoms with Gasteiger partial charge in [-0.2, -0.15) is 0 Å². The number of anilines is 1. The van der Waals surface area contributed by atoms with Gasteiger partial charge in [0.2, 0.25) is 5.91 Å². The second-order valence-corrected chi connectivity index (χ2v) is 5.21. The molecular formula is C14H21ClN4O4. The predicted molar refractivity (Wildman–Crippen MR) is 89.4 cm³/mol. The summed E-state index contributed by atoms with van der Waals surface area (Å²) in [4.78, 5) is 24.7. The number of piperazine rings is 1. The van der Waals surface area contributed by atoms with Crippen LogP contribution >= 0.6 is 12.4 Å². The van der Waals surface area contributed by atoms with E-state index in [1.165, 1.54) is 19.2 Å². The molecule has 9 heteroatoms. The monoisotopic (exact) mass is 344 g/mol. The zero-order chi connectivity index (χ0) is 16.1. The van der Waals surface area contributed by atoms with Crippen molar-refractivity contribution in [2.75, 3.05) is 38.6 Å². The van der Waals surface area contributed by atoms with E-state index in [9.17, 15) is 14.9 Å². The van der Waals surface area contributed by atoms with Crippen molar-refractivity contribution in [1.82, 2.24) is 10.2 Å². The molecule has 1 aromatic carbocycles. The summed E-state index contributed by atoms with van der Waals surface area (Å²) in [6, 6.07) is 4.61. The molecule has 1 aromatic rings. The zero-order valence-corrected chi connectivity index (χ0v) is 13.9. The number of hydrogen-bond donors (Lipinski definition) is 2. The highest BCUT2D eigenvalue weighted by Crippen LogP contribution is 2.28. The van der Waals surface area contributed by atoms with E-state index in [0.717, 1.165) is 19.6 Å². The molecule has 0 spiro atoms. The van der Waals surface area contributed by atoms with Gasteiger partial charge < -0.3 is 15.4 Å². The van der Waals surface area contributed by atoms with Crippen LogP contribution in [-0.4, -0.2) is 55.1 Å². The van der Waals surface area contributed by atoms with Crippen LogP contribution in [0, 0.1) is 10.1 Å². The fourth-order valence-electron chi connectivity index (χ4n) is 2.39. The Morgan fingerprint density at radius 2 is 2.30 bits per heavy atom. The highest BCUT2D eigenvalue weighted by molar-refractivity contribution is 5.94. The number of amides is 1. The van der Waals surface area contributed by atoms with Crippen LogP contribution < -0.4 is 15.4 Å². The number of nitro groups is 1. The summed E-state index contributed by atoms with van der Waals surface area (Å²) < 4.78 is 4.97. The summed E-state index contributed by atoms with van der Waals surface area (Å²) in [6.45, 7) is 4.69. The normalized spacial score (nSPS) is 17.9. The van der Waals surface area contributed by atoms with Crippen LogP contribution in [0.15, 0.2) is 18.2 Å². The van der Waals surface area contributed by atoms with Crippen molar-refractivity contribution >= 4 is 29.7 Å². The summed E-state index contributed by atoms with van der Waals surface area (Å²) in [5, 5.41) is 17.0. The van der Waals surface area contributed by atoms with Crippen LogP contribution in [0.5, 0.6) is 5.75 Å². The number of nitrogens with one attached hydrogen (secondary N) is 2. The van der Waals surface area contributed by atoms with E-state index < -0.39 is 4.92 Å². The van der Waals surface area contributed by atoms with E-state index in [4.69, 9.17) is 4.74 Å². The largest absolute Gasteiger partial charge is 0.496 e. The lowest BCUT2D eigenvalue weighted by atomic mass is 10.2. The number of hydrogen-bond acceptors (Lipinski definition) is 6. The molecule has 2 N–H and O–H groups in total. The molecule has 1 atom stereocenters. The van der Waals surface area contributed by atoms with Crippen LogP contribution in [0.2, 0.25) is 0 Å². The Labute approximate surface area is 140 Å². The number of rotatable bonds is 5. The third-order valence-corrected chi connectivity index (χ3v) is 3.66. The van der Waals surface area contributed by atoms with Crippen molar-refractivity contribution in [3.05, 3.63) is 28.3 Å². The highest BCUT2D eigenvalue weighted by Gasteiger charge is 2.22. The number of nitrogens with zero attached hydrogens (tertiary/aromatic N) is 2. The number of nitro benzene ring substituents is 1. The van der Waals surface area contributed by atoms with E-state index in [2.05, 4.69) is 10.6 Å². The standard InChI is InChI=1S/C14H20N4O4.ClH/c1-10-8-15-5-6-17(10)9-14(19)16-12-4-3-11(22-2)7-13(12)18(20)21;/h3-4,7,10,15H,5-6,8-9H2,1-2H3,(H,16,19);1H/t10-;/m1./s1. The first-order chi connectivity index (χ1) is 10.5. The molecular weight excluding hydrogens is 324 g/mol. The van der Waals surface area contributed by atoms with Gasteiger partial charge in [-0.05, 0) is 19.1 Å². The fourth-order valence-corrected chi connectivity index (χ4v) is 2.39. The average molecular weight is 345 g/mol.